The van der Waals surface area contributed by atoms with Crippen molar-refractivity contribution in [2.75, 3.05) is 22.9 Å². The van der Waals surface area contributed by atoms with Gasteiger partial charge in [-0.2, -0.15) is 0 Å². The van der Waals surface area contributed by atoms with Crippen LogP contribution in [0.25, 0.3) is 0 Å². The first-order valence-electron chi connectivity index (χ1n) is 12.1. The van der Waals surface area contributed by atoms with E-state index in [1.54, 1.807) is 30.0 Å². The standard InChI is InChI=1S/C28H23ClN4O6S2/c29-21-6-4-5-20(17-21)27(34)31-22-11-9-19(10-12-22)28(35)32-41(38,39)24-13-14-25(26(18-24)33(36)37)30-15-16-40-23-7-2-1-3-8-23/h1-14,17-18,30H,15-16H2,(H,31,34)(H,32,35). The van der Waals surface area contributed by atoms with Crippen molar-refractivity contribution in [3.63, 3.8) is 0 Å². The Kier molecular flexibility index (Phi) is 9.61. The molecule has 41 heavy (non-hydrogen) atoms. The summed E-state index contributed by atoms with van der Waals surface area (Å²) in [4.78, 5) is 36.6. The number of nitrogens with one attached hydrogen (secondary N) is 3. The van der Waals surface area contributed by atoms with Crippen molar-refractivity contribution < 1.29 is 22.9 Å². The number of benzene rings is 4. The van der Waals surface area contributed by atoms with Crippen LogP contribution in [-0.2, 0) is 10.0 Å². The predicted octanol–water partition coefficient (Wildman–Crippen LogP) is 5.82. The number of nitro groups is 1. The number of sulfonamides is 1. The zero-order valence-corrected chi connectivity index (χ0v) is 23.6. The van der Waals surface area contributed by atoms with Gasteiger partial charge >= 0.3 is 0 Å². The summed E-state index contributed by atoms with van der Waals surface area (Å²) >= 11 is 7.48. The molecule has 2 amide bonds. The smallest absolute Gasteiger partial charge is 0.293 e. The van der Waals surface area contributed by atoms with Crippen molar-refractivity contribution in [3.8, 4) is 0 Å². The summed E-state index contributed by atoms with van der Waals surface area (Å²) in [6.07, 6.45) is 0. The van der Waals surface area contributed by atoms with E-state index in [0.29, 0.717) is 28.6 Å². The van der Waals surface area contributed by atoms with Crippen LogP contribution in [0, 0.1) is 10.1 Å². The monoisotopic (exact) mass is 610 g/mol. The van der Waals surface area contributed by atoms with Crippen molar-refractivity contribution in [2.45, 2.75) is 9.79 Å². The number of nitrogens with zero attached hydrogens (tertiary/aromatic N) is 1. The molecule has 0 aliphatic carbocycles. The summed E-state index contributed by atoms with van der Waals surface area (Å²) in [5, 5.41) is 17.7. The molecule has 0 aliphatic rings. The maximum absolute atomic E-state index is 12.9. The molecule has 0 aliphatic heterocycles. The van der Waals surface area contributed by atoms with Crippen LogP contribution in [0.3, 0.4) is 0 Å². The molecule has 4 aromatic carbocycles. The Hall–Kier alpha value is -4.39. The highest BCUT2D eigenvalue weighted by Crippen LogP contribution is 2.28. The maximum atomic E-state index is 12.9. The molecule has 0 spiro atoms. The Morgan fingerprint density at radius 3 is 2.27 bits per heavy atom. The highest BCUT2D eigenvalue weighted by molar-refractivity contribution is 7.99. The molecule has 0 aromatic heterocycles. The van der Waals surface area contributed by atoms with Crippen molar-refractivity contribution in [2.24, 2.45) is 0 Å². The van der Waals surface area contributed by atoms with Gasteiger partial charge in [0.05, 0.1) is 9.82 Å². The van der Waals surface area contributed by atoms with Gasteiger partial charge in [-0.1, -0.05) is 35.9 Å². The first-order valence-corrected chi connectivity index (χ1v) is 14.9. The number of anilines is 2. The number of carbonyl (C=O) groups excluding carboxylic acids is 2. The molecule has 3 N–H and O–H groups in total. The molecular formula is C28H23ClN4O6S2. The van der Waals surface area contributed by atoms with Crippen LogP contribution < -0.4 is 15.4 Å². The lowest BCUT2D eigenvalue weighted by Crippen LogP contribution is -2.30. The predicted molar refractivity (Wildman–Crippen MR) is 159 cm³/mol. The minimum Gasteiger partial charge on any atom is -0.379 e. The number of carbonyl (C=O) groups is 2. The van der Waals surface area contributed by atoms with Crippen molar-refractivity contribution in [3.05, 3.63) is 123 Å². The first-order chi connectivity index (χ1) is 19.6. The van der Waals surface area contributed by atoms with E-state index in [9.17, 15) is 28.1 Å². The second-order valence-electron chi connectivity index (χ2n) is 8.50. The van der Waals surface area contributed by atoms with Gasteiger partial charge in [0.25, 0.3) is 27.5 Å². The summed E-state index contributed by atoms with van der Waals surface area (Å²) in [6.45, 7) is 0.402. The largest absolute Gasteiger partial charge is 0.379 e. The van der Waals surface area contributed by atoms with Gasteiger partial charge in [-0.05, 0) is 66.7 Å². The number of halogens is 1. The highest BCUT2D eigenvalue weighted by atomic mass is 35.5. The number of hydrogen-bond acceptors (Lipinski definition) is 8. The molecular weight excluding hydrogens is 588 g/mol. The summed E-state index contributed by atoms with van der Waals surface area (Å²) in [5.74, 6) is -0.734. The molecule has 10 nitrogen and oxygen atoms in total. The molecule has 0 bridgehead atoms. The van der Waals surface area contributed by atoms with Crippen molar-refractivity contribution in [1.29, 1.82) is 0 Å². The molecule has 0 radical (unpaired) electrons. The van der Waals surface area contributed by atoms with Gasteiger partial charge in [-0.25, -0.2) is 13.1 Å². The molecule has 4 rings (SSSR count). The summed E-state index contributed by atoms with van der Waals surface area (Å²) in [5.41, 5.74) is 0.425. The Morgan fingerprint density at radius 2 is 1.59 bits per heavy atom. The molecule has 0 heterocycles. The van der Waals surface area contributed by atoms with Crippen molar-refractivity contribution in [1.82, 2.24) is 4.72 Å². The second kappa shape index (κ2) is 13.3. The average molecular weight is 611 g/mol. The number of hydrogen-bond donors (Lipinski definition) is 3. The van der Waals surface area contributed by atoms with Gasteiger partial charge in [-0.3, -0.25) is 19.7 Å². The topological polar surface area (TPSA) is 148 Å². The van der Waals surface area contributed by atoms with Crippen LogP contribution in [0.4, 0.5) is 17.1 Å². The molecule has 0 saturated carbocycles. The second-order valence-corrected chi connectivity index (χ2v) is 11.8. The van der Waals surface area contributed by atoms with E-state index in [-0.39, 0.29) is 11.3 Å². The minimum atomic E-state index is -4.43. The van der Waals surface area contributed by atoms with E-state index in [1.807, 2.05) is 35.1 Å². The third kappa shape index (κ3) is 8.07. The van der Waals surface area contributed by atoms with Gasteiger partial charge in [0.15, 0.2) is 0 Å². The minimum absolute atomic E-state index is 0.00182. The van der Waals surface area contributed by atoms with Crippen LogP contribution in [0.2, 0.25) is 5.02 Å². The lowest BCUT2D eigenvalue weighted by atomic mass is 10.2. The molecule has 13 heteroatoms. The Balaban J connectivity index is 1.39. The quantitative estimate of drug-likeness (QED) is 0.0832. The van der Waals surface area contributed by atoms with Crippen molar-refractivity contribution >= 4 is 62.3 Å². The number of nitro benzene ring substituents is 1. The van der Waals surface area contributed by atoms with Gasteiger partial charge in [-0.15, -0.1) is 11.8 Å². The van der Waals surface area contributed by atoms with Gasteiger partial charge in [0.2, 0.25) is 0 Å². The SMILES string of the molecule is O=C(Nc1ccc(C(=O)NS(=O)(=O)c2ccc(NCCSc3ccccc3)c([N+](=O)[O-])c2)cc1)c1cccc(Cl)c1. The lowest BCUT2D eigenvalue weighted by Gasteiger charge is -2.11. The molecule has 0 unspecified atom stereocenters. The lowest BCUT2D eigenvalue weighted by molar-refractivity contribution is -0.384. The molecule has 0 fully saturated rings. The van der Waals surface area contributed by atoms with Crippen LogP contribution in [0.15, 0.2) is 107 Å². The Bertz CT molecular complexity index is 1680. The van der Waals surface area contributed by atoms with Crippen LogP contribution in [0.1, 0.15) is 20.7 Å². The van der Waals surface area contributed by atoms with E-state index in [4.69, 9.17) is 11.6 Å². The fraction of sp³-hybridized carbons (Fsp3) is 0.0714. The highest BCUT2D eigenvalue weighted by Gasteiger charge is 2.24. The average Bonchev–Trinajstić information content (AvgIpc) is 2.96. The Morgan fingerprint density at radius 1 is 0.854 bits per heavy atom. The Labute approximate surface area is 245 Å². The summed E-state index contributed by atoms with van der Waals surface area (Å²) < 4.78 is 27.7. The third-order valence-corrected chi connectivity index (χ3v) is 8.20. The maximum Gasteiger partial charge on any atom is 0.293 e. The van der Waals surface area contributed by atoms with Gasteiger partial charge in [0.1, 0.15) is 5.69 Å². The van der Waals surface area contributed by atoms with E-state index in [0.717, 1.165) is 11.0 Å². The van der Waals surface area contributed by atoms with E-state index < -0.39 is 37.3 Å². The third-order valence-electron chi connectivity index (χ3n) is 5.62. The zero-order chi connectivity index (χ0) is 29.4. The zero-order valence-electron chi connectivity index (χ0n) is 21.2. The molecule has 0 atom stereocenters. The molecule has 0 saturated heterocycles. The number of amides is 2. The normalized spacial score (nSPS) is 11.0. The molecule has 4 aromatic rings. The van der Waals surface area contributed by atoms with Crippen LogP contribution >= 0.6 is 23.4 Å². The summed E-state index contributed by atoms with van der Waals surface area (Å²) in [6, 6.07) is 24.9. The fourth-order valence-electron chi connectivity index (χ4n) is 3.63. The van der Waals surface area contributed by atoms with Crippen LogP contribution in [0.5, 0.6) is 0 Å². The fourth-order valence-corrected chi connectivity index (χ4v) is 5.60. The molecule has 210 valence electrons. The summed E-state index contributed by atoms with van der Waals surface area (Å²) in [7, 11) is -4.43. The van der Waals surface area contributed by atoms with Gasteiger partial charge in [0, 0.05) is 45.1 Å². The van der Waals surface area contributed by atoms with E-state index in [1.165, 1.54) is 42.5 Å². The van der Waals surface area contributed by atoms with Gasteiger partial charge < -0.3 is 10.6 Å². The van der Waals surface area contributed by atoms with Crippen LogP contribution in [-0.4, -0.2) is 37.5 Å². The van der Waals surface area contributed by atoms with E-state index >= 15 is 0 Å². The number of thioether (sulfide) groups is 1. The first kappa shape index (κ1) is 29.6. The van der Waals surface area contributed by atoms with E-state index in [2.05, 4.69) is 10.6 Å². The number of rotatable bonds is 11.